The first-order valence-corrected chi connectivity index (χ1v) is 13.5. The number of hydrogen-bond donors (Lipinski definition) is 1. The van der Waals surface area contributed by atoms with Crippen LogP contribution in [-0.4, -0.2) is 149 Å². The molecule has 6 nitrogen and oxygen atoms in total. The summed E-state index contributed by atoms with van der Waals surface area (Å²) in [6.07, 6.45) is -0.182. The second kappa shape index (κ2) is 10.8. The van der Waals surface area contributed by atoms with Crippen molar-refractivity contribution in [3.05, 3.63) is 11.1 Å². The van der Waals surface area contributed by atoms with Gasteiger partial charge in [0.25, 0.3) is 0 Å². The van der Waals surface area contributed by atoms with Crippen LogP contribution in [0.15, 0.2) is 0 Å². The number of benzene rings is 1. The number of esters is 1. The Morgan fingerprint density at radius 3 is 1.63 bits per heavy atom. The van der Waals surface area contributed by atoms with E-state index < -0.39 is 55.3 Å². The first kappa shape index (κ1) is 36.5. The lowest BCUT2D eigenvalue weighted by molar-refractivity contribution is -0.177. The van der Waals surface area contributed by atoms with Gasteiger partial charge >= 0.3 is 5.97 Å². The lowest BCUT2D eigenvalue weighted by Gasteiger charge is -2.84. The molecule has 0 aliphatic carbocycles. The molecule has 2 heterocycles. The fourth-order valence-corrected chi connectivity index (χ4v) is 6.53. The summed E-state index contributed by atoms with van der Waals surface area (Å²) < 4.78 is 16.8. The lowest BCUT2D eigenvalue weighted by atomic mass is 9.13. The van der Waals surface area contributed by atoms with Crippen molar-refractivity contribution in [3.63, 3.8) is 0 Å². The molecule has 1 fully saturated rings. The van der Waals surface area contributed by atoms with E-state index in [9.17, 15) is 4.79 Å². The van der Waals surface area contributed by atoms with E-state index in [-0.39, 0.29) is 45.9 Å². The van der Waals surface area contributed by atoms with Crippen molar-refractivity contribution in [3.8, 4) is 11.5 Å². The van der Waals surface area contributed by atoms with Crippen molar-refractivity contribution in [1.29, 1.82) is 0 Å². The van der Waals surface area contributed by atoms with E-state index in [1.165, 1.54) is 14.2 Å². The van der Waals surface area contributed by atoms with Gasteiger partial charge in [0, 0.05) is 0 Å². The normalized spacial score (nSPS) is 31.0. The Labute approximate surface area is 274 Å². The highest BCUT2D eigenvalue weighted by Gasteiger charge is 2.76. The third-order valence-corrected chi connectivity index (χ3v) is 9.05. The number of hydrogen-bond acceptors (Lipinski definition) is 6. The minimum absolute atomic E-state index is 0.0876. The van der Waals surface area contributed by atoms with Crippen LogP contribution in [-0.2, 0) is 20.2 Å². The van der Waals surface area contributed by atoms with Crippen LogP contribution < -0.4 is 26.1 Å². The smallest absolute Gasteiger partial charge is 0.322 e. The highest BCUT2D eigenvalue weighted by atomic mass is 16.6. The van der Waals surface area contributed by atoms with Crippen molar-refractivity contribution in [2.24, 2.45) is 17.6 Å². The minimum Gasteiger partial charge on any atom is -0.494 e. The summed E-state index contributed by atoms with van der Waals surface area (Å²) in [4.78, 5) is 14.3. The zero-order valence-electron chi connectivity index (χ0n) is 25.6. The first-order valence-electron chi connectivity index (χ1n) is 13.5. The van der Waals surface area contributed by atoms with Crippen LogP contribution in [0.4, 0.5) is 0 Å². The largest absolute Gasteiger partial charge is 0.494 e. The second-order valence-electron chi connectivity index (χ2n) is 12.6. The molecule has 0 aromatic heterocycles. The van der Waals surface area contributed by atoms with Crippen molar-refractivity contribution < 1.29 is 19.0 Å². The SMILES string of the molecule is [B]c1c(OC)c(OC)c([B])c2c1C([B])([B])C([B])([B])N1C([B])([B])C([B])(CC(C)C)C([B])(OC(=O)[C@@H](N)C(C)C)C([B])([B])C21[B]. The zero-order valence-corrected chi connectivity index (χ0v) is 25.6. The average Bonchev–Trinajstić information content (AvgIpc) is 2.85. The zero-order chi connectivity index (χ0) is 33.7. The molecule has 194 valence electrons. The number of nitrogens with zero attached hydrogens (tertiary/aromatic N) is 1. The molecule has 4 atom stereocenters. The Bertz CT molecular complexity index is 1310. The molecular weight excluding hydrogens is 521 g/mol. The molecule has 43 heavy (non-hydrogen) atoms. The van der Waals surface area contributed by atoms with Gasteiger partial charge < -0.3 is 24.8 Å². The number of rotatable bonds is 7. The van der Waals surface area contributed by atoms with Gasteiger partial charge in [-0.15, -0.1) is 0 Å². The summed E-state index contributed by atoms with van der Waals surface area (Å²) in [6, 6.07) is -1.20. The summed E-state index contributed by atoms with van der Waals surface area (Å²) in [6.45, 7) is 6.89. The quantitative estimate of drug-likeness (QED) is 0.276. The fourth-order valence-electron chi connectivity index (χ4n) is 6.53. The van der Waals surface area contributed by atoms with Gasteiger partial charge in [-0.25, -0.2) is 0 Å². The summed E-state index contributed by atoms with van der Waals surface area (Å²) in [7, 11) is 91.5. The van der Waals surface area contributed by atoms with Gasteiger partial charge in [0.1, 0.15) is 37.4 Å². The molecule has 1 saturated heterocycles. The predicted molar refractivity (Wildman–Crippen MR) is 181 cm³/mol. The Balaban J connectivity index is 2.67. The number of piperidine rings is 1. The summed E-state index contributed by atoms with van der Waals surface area (Å²) >= 11 is 0. The third-order valence-electron chi connectivity index (χ3n) is 9.05. The maximum absolute atomic E-state index is 13.5. The minimum atomic E-state index is -2.73. The highest BCUT2D eigenvalue weighted by Crippen LogP contribution is 2.72. The maximum atomic E-state index is 13.5. The highest BCUT2D eigenvalue weighted by molar-refractivity contribution is 6.61. The molecule has 3 unspecified atom stereocenters. The molecule has 2 aliphatic rings. The van der Waals surface area contributed by atoms with E-state index in [2.05, 4.69) is 0 Å². The number of fused-ring (bicyclic) bond motifs is 3. The molecule has 0 saturated carbocycles. The molecule has 0 amide bonds. The van der Waals surface area contributed by atoms with E-state index in [0.717, 1.165) is 4.90 Å². The molecule has 0 spiro atoms. The van der Waals surface area contributed by atoms with Crippen LogP contribution in [0, 0.1) is 11.8 Å². The van der Waals surface area contributed by atoms with Crippen LogP contribution in [0.1, 0.15) is 45.2 Å². The fraction of sp³-hybridized carbons (Fsp3) is 0.708. The standard InChI is InChI=1S/C24H25B13N2O4/c1-8(2)7-18(27)22(33,43-17(40)14(38)9(3)4)21(31,32)20(30)11-10(12(25)15(41-5)16(42-6)13(11)26)19(28,29)24(36,37)39(20)23(18,34)35/h8-9,14H,7,38H2,1-6H3/t14-,18?,20?,22?/m0/s1. The molecule has 2 aliphatic heterocycles. The van der Waals surface area contributed by atoms with Gasteiger partial charge in [0.15, 0.2) is 11.5 Å². The van der Waals surface area contributed by atoms with Gasteiger partial charge in [0.05, 0.1) is 90.3 Å². The molecule has 3 rings (SSSR count). The number of methoxy groups -OCH3 is 2. The average molecular weight is 546 g/mol. The van der Waals surface area contributed by atoms with E-state index in [1.807, 2.05) is 0 Å². The molecule has 1 aromatic rings. The van der Waals surface area contributed by atoms with Gasteiger partial charge in [-0.3, -0.25) is 4.79 Å². The van der Waals surface area contributed by atoms with Crippen molar-refractivity contribution in [1.82, 2.24) is 4.90 Å². The topological polar surface area (TPSA) is 74.0 Å². The number of carbonyl (C=O) groups excluding carboxylic acids is 1. The second-order valence-corrected chi connectivity index (χ2v) is 12.6. The van der Waals surface area contributed by atoms with Crippen LogP contribution in [0.3, 0.4) is 0 Å². The van der Waals surface area contributed by atoms with Gasteiger partial charge in [-0.05, 0) is 39.1 Å². The molecule has 0 bridgehead atoms. The predicted octanol–water partition coefficient (Wildman–Crippen LogP) is -4.37. The Morgan fingerprint density at radius 2 is 1.23 bits per heavy atom. The molecule has 26 radical (unpaired) electrons. The Kier molecular flexibility index (Phi) is 9.18. The van der Waals surface area contributed by atoms with Crippen molar-refractivity contribution >= 4 is 119 Å². The van der Waals surface area contributed by atoms with Crippen LogP contribution >= 0.6 is 0 Å². The Morgan fingerprint density at radius 1 is 0.791 bits per heavy atom. The molecular formula is C24H25B13N2O4. The number of carbonyl (C=O) groups is 1. The van der Waals surface area contributed by atoms with Crippen molar-refractivity contribution in [2.45, 2.75) is 77.5 Å². The van der Waals surface area contributed by atoms with E-state index >= 15 is 0 Å². The maximum Gasteiger partial charge on any atom is 0.322 e. The third kappa shape index (κ3) is 4.34. The van der Waals surface area contributed by atoms with Gasteiger partial charge in [-0.1, -0.05) is 60.8 Å². The van der Waals surface area contributed by atoms with Crippen molar-refractivity contribution in [2.75, 3.05) is 14.2 Å². The summed E-state index contributed by atoms with van der Waals surface area (Å²) in [5.74, 6) is -1.98. The van der Waals surface area contributed by atoms with Gasteiger partial charge in [-0.2, -0.15) is 0 Å². The summed E-state index contributed by atoms with van der Waals surface area (Å²) in [5, 5.41) is -12.5. The van der Waals surface area contributed by atoms with Gasteiger partial charge in [0.2, 0.25) is 0 Å². The molecule has 19 heteroatoms. The van der Waals surface area contributed by atoms with Crippen LogP contribution in [0.2, 0.25) is 10.5 Å². The van der Waals surface area contributed by atoms with Crippen LogP contribution in [0.5, 0.6) is 11.5 Å². The number of nitrogens with two attached hydrogens (primary N) is 1. The number of ether oxygens (including phenoxy) is 3. The monoisotopic (exact) mass is 548 g/mol. The Hall–Kier alpha value is -0.946. The van der Waals surface area contributed by atoms with E-state index in [0.29, 0.717) is 0 Å². The first-order chi connectivity index (χ1) is 19.2. The molecule has 1 aromatic carbocycles. The van der Waals surface area contributed by atoms with E-state index in [1.54, 1.807) is 27.7 Å². The lowest BCUT2D eigenvalue weighted by Crippen LogP contribution is -2.91. The molecule has 2 N–H and O–H groups in total. The van der Waals surface area contributed by atoms with E-state index in [4.69, 9.17) is 122 Å². The van der Waals surface area contributed by atoms with Crippen LogP contribution in [0.25, 0.3) is 0 Å². The summed E-state index contributed by atoms with van der Waals surface area (Å²) in [5.41, 5.74) is -0.252.